The van der Waals surface area contributed by atoms with Gasteiger partial charge < -0.3 is 10.8 Å². The van der Waals surface area contributed by atoms with Gasteiger partial charge in [-0.25, -0.2) is 0 Å². The summed E-state index contributed by atoms with van der Waals surface area (Å²) in [5.74, 6) is 0. The van der Waals surface area contributed by atoms with Crippen molar-refractivity contribution in [2.45, 2.75) is 0 Å². The average Bonchev–Trinajstić information content (AvgIpc) is 1.37. The Bertz CT molecular complexity index is 9.61. The quantitative estimate of drug-likeness (QED) is 0.413. The highest BCUT2D eigenvalue weighted by Crippen LogP contribution is 1.33. The van der Waals surface area contributed by atoms with Crippen LogP contribution < -0.4 is 5.73 Å². The van der Waals surface area contributed by atoms with Gasteiger partial charge in [-0.2, -0.15) is 0 Å². The highest BCUT2D eigenvalue weighted by molar-refractivity contribution is 4.17. The van der Waals surface area contributed by atoms with Crippen molar-refractivity contribution in [2.75, 3.05) is 13.2 Å². The van der Waals surface area contributed by atoms with Crippen LogP contribution in [-0.2, 0) is 5.48 Å². The van der Waals surface area contributed by atoms with Crippen LogP contribution in [0.1, 0.15) is 0 Å². The molecule has 0 bridgehead atoms. The Hall–Kier alpha value is -0.120. The summed E-state index contributed by atoms with van der Waals surface area (Å²) in [6, 6.07) is 0. The van der Waals surface area contributed by atoms with Crippen molar-refractivity contribution in [2.24, 2.45) is 5.73 Å². The van der Waals surface area contributed by atoms with Gasteiger partial charge in [0.2, 0.25) is 0 Å². The van der Waals surface area contributed by atoms with Crippen molar-refractivity contribution < 1.29 is 10.6 Å². The first kappa shape index (κ1) is 8.86. The summed E-state index contributed by atoms with van der Waals surface area (Å²) in [7, 11) is 0. The summed E-state index contributed by atoms with van der Waals surface area (Å²) in [6.07, 6.45) is 0. The Morgan fingerprint density at radius 1 is 1.60 bits per heavy atom. The molecule has 0 saturated heterocycles. The highest BCUT2D eigenvalue weighted by Gasteiger charge is 1.56. The fourth-order valence-corrected chi connectivity index (χ4v) is 0. The van der Waals surface area contributed by atoms with Crippen LogP contribution in [0, 0.1) is 0 Å². The van der Waals surface area contributed by atoms with Crippen LogP contribution in [0.2, 0.25) is 0 Å². The molecule has 0 aliphatic rings. The molecule has 0 spiro atoms. The van der Waals surface area contributed by atoms with Crippen molar-refractivity contribution in [3.63, 3.8) is 0 Å². The van der Waals surface area contributed by atoms with Gasteiger partial charge in [0.1, 0.15) is 0 Å². The Labute approximate surface area is 30.7 Å². The molecule has 0 heterocycles. The van der Waals surface area contributed by atoms with Gasteiger partial charge in [-0.3, -0.25) is 0 Å². The fraction of sp³-hybridized carbons (Fsp3) is 1.00. The van der Waals surface area contributed by atoms with Crippen LogP contribution in [-0.4, -0.2) is 18.3 Å². The van der Waals surface area contributed by atoms with E-state index < -0.39 is 0 Å². The van der Waals surface area contributed by atoms with Crippen LogP contribution in [0.3, 0.4) is 0 Å². The maximum atomic E-state index is 7.75. The first-order valence-electron chi connectivity index (χ1n) is 1.22. The molecule has 0 fully saturated rings. The highest BCUT2D eigenvalue weighted by atomic mass is 16.3. The number of hydrogen-bond donors (Lipinski definition) is 2. The largest absolute Gasteiger partial charge is 0.395 e. The molecule has 3 nitrogen and oxygen atoms in total. The molecular weight excluding hydrogens is 70.0 g/mol. The molecule has 0 saturated carbocycles. The lowest BCUT2D eigenvalue weighted by molar-refractivity contribution is 0.306. The summed E-state index contributed by atoms with van der Waals surface area (Å²) >= 11 is 0. The Morgan fingerprint density at radius 3 is 1.80 bits per heavy atom. The summed E-state index contributed by atoms with van der Waals surface area (Å²) in [5, 5.41) is 7.75. The maximum absolute atomic E-state index is 7.75. The van der Waals surface area contributed by atoms with E-state index in [4.69, 9.17) is 10.8 Å². The molecule has 3 N–H and O–H groups in total. The maximum Gasteiger partial charge on any atom is 0.0553 e. The Balaban J connectivity index is 0. The third-order valence-corrected chi connectivity index (χ3v) is 0.129. The van der Waals surface area contributed by atoms with Crippen molar-refractivity contribution in [3.8, 4) is 0 Å². The van der Waals surface area contributed by atoms with Crippen LogP contribution >= 0.6 is 0 Å². The van der Waals surface area contributed by atoms with Crippen molar-refractivity contribution >= 4 is 0 Å². The molecule has 3 heteroatoms. The molecule has 0 atom stereocenters. The smallest absolute Gasteiger partial charge is 0.0553 e. The average molecular weight is 77.1 g/mol. The molecule has 0 rings (SSSR count). The normalized spacial score (nSPS) is 6.00. The first-order valence-corrected chi connectivity index (χ1v) is 1.22. The SMILES string of the molecule is NCCO.[O]. The lowest BCUT2D eigenvalue weighted by Crippen LogP contribution is -2.02. The second-order valence-electron chi connectivity index (χ2n) is 0.512. The number of hydrogen-bond acceptors (Lipinski definition) is 2. The van der Waals surface area contributed by atoms with E-state index >= 15 is 0 Å². The van der Waals surface area contributed by atoms with Gasteiger partial charge in [0.25, 0.3) is 0 Å². The van der Waals surface area contributed by atoms with Crippen LogP contribution in [0.5, 0.6) is 0 Å². The monoisotopic (exact) mass is 77.0 g/mol. The molecule has 0 unspecified atom stereocenters. The second kappa shape index (κ2) is 9.11. The number of aliphatic hydroxyl groups is 1. The lowest BCUT2D eigenvalue weighted by atomic mass is 10.8. The van der Waals surface area contributed by atoms with E-state index in [0.717, 1.165) is 0 Å². The third-order valence-electron chi connectivity index (χ3n) is 0.129. The number of nitrogens with two attached hydrogens (primary N) is 1. The first-order chi connectivity index (χ1) is 1.91. The van der Waals surface area contributed by atoms with E-state index in [0.29, 0.717) is 6.54 Å². The van der Waals surface area contributed by atoms with Gasteiger partial charge in [0.05, 0.1) is 6.61 Å². The summed E-state index contributed by atoms with van der Waals surface area (Å²) in [4.78, 5) is 0. The predicted molar refractivity (Wildman–Crippen MR) is 16.8 cm³/mol. The predicted octanol–water partition coefficient (Wildman–Crippen LogP) is -1.18. The van der Waals surface area contributed by atoms with Crippen LogP contribution in [0.15, 0.2) is 0 Å². The molecule has 0 aliphatic heterocycles. The molecular formula is C2H7NO2. The second-order valence-corrected chi connectivity index (χ2v) is 0.512. The van der Waals surface area contributed by atoms with Crippen molar-refractivity contribution in [1.82, 2.24) is 0 Å². The lowest BCUT2D eigenvalue weighted by Gasteiger charge is -1.71. The minimum Gasteiger partial charge on any atom is -0.395 e. The molecule has 0 aliphatic carbocycles. The third kappa shape index (κ3) is 17.7. The summed E-state index contributed by atoms with van der Waals surface area (Å²) < 4.78 is 0. The minimum absolute atomic E-state index is 0. The minimum atomic E-state index is 0. The summed E-state index contributed by atoms with van der Waals surface area (Å²) in [5.41, 5.74) is 4.78. The van der Waals surface area contributed by atoms with E-state index in [1.165, 1.54) is 0 Å². The number of aliphatic hydroxyl groups excluding tert-OH is 1. The van der Waals surface area contributed by atoms with E-state index in [1.54, 1.807) is 0 Å². The molecule has 0 amide bonds. The van der Waals surface area contributed by atoms with E-state index in [2.05, 4.69) is 0 Å². The van der Waals surface area contributed by atoms with Crippen molar-refractivity contribution in [1.29, 1.82) is 0 Å². The topological polar surface area (TPSA) is 74.8 Å². The molecule has 32 valence electrons. The van der Waals surface area contributed by atoms with Gasteiger partial charge in [0.15, 0.2) is 0 Å². The van der Waals surface area contributed by atoms with Crippen LogP contribution in [0.4, 0.5) is 0 Å². The van der Waals surface area contributed by atoms with Crippen LogP contribution in [0.25, 0.3) is 0 Å². The Kier molecular flexibility index (Phi) is 16.1. The molecule has 0 aromatic heterocycles. The molecule has 0 aromatic carbocycles. The zero-order chi connectivity index (χ0) is 3.41. The van der Waals surface area contributed by atoms with Gasteiger partial charge in [-0.05, 0) is 0 Å². The van der Waals surface area contributed by atoms with E-state index in [9.17, 15) is 0 Å². The zero-order valence-corrected chi connectivity index (χ0v) is 2.85. The van der Waals surface area contributed by atoms with Crippen molar-refractivity contribution in [3.05, 3.63) is 0 Å². The van der Waals surface area contributed by atoms with Gasteiger partial charge in [-0.15, -0.1) is 0 Å². The van der Waals surface area contributed by atoms with Gasteiger partial charge >= 0.3 is 0 Å². The van der Waals surface area contributed by atoms with Gasteiger partial charge in [-0.1, -0.05) is 0 Å². The Morgan fingerprint density at radius 2 is 1.80 bits per heavy atom. The van der Waals surface area contributed by atoms with E-state index in [1.807, 2.05) is 0 Å². The standard InChI is InChI=1S/C2H7NO.O/c3-1-2-4;/h4H,1-3H2;. The molecule has 2 radical (unpaired) electrons. The summed E-state index contributed by atoms with van der Waals surface area (Å²) in [6.45, 7) is 0.472. The number of rotatable bonds is 1. The zero-order valence-electron chi connectivity index (χ0n) is 2.85. The fourth-order valence-electron chi connectivity index (χ4n) is 0. The molecule has 0 aromatic rings. The van der Waals surface area contributed by atoms with E-state index in [-0.39, 0.29) is 12.1 Å². The van der Waals surface area contributed by atoms with Gasteiger partial charge in [0, 0.05) is 12.0 Å². The molecule has 5 heavy (non-hydrogen) atoms.